The number of thiophene rings is 1. The summed E-state index contributed by atoms with van der Waals surface area (Å²) in [5, 5.41) is 2.76. The lowest BCUT2D eigenvalue weighted by Gasteiger charge is -2.06. The van der Waals surface area contributed by atoms with Gasteiger partial charge in [0.05, 0.1) is 5.57 Å². The third kappa shape index (κ3) is 4.31. The van der Waals surface area contributed by atoms with Crippen molar-refractivity contribution < 1.29 is 9.59 Å². The number of para-hydroxylation sites is 1. The molecular weight excluding hydrogens is 330 g/mol. The van der Waals surface area contributed by atoms with Crippen molar-refractivity contribution >= 4 is 34.8 Å². The number of carbonyl (C=O) groups excluding carboxylic acids is 2. The molecule has 25 heavy (non-hydrogen) atoms. The lowest BCUT2D eigenvalue weighted by molar-refractivity contribution is -0.118. The van der Waals surface area contributed by atoms with Crippen LogP contribution in [0, 0.1) is 0 Å². The Balaban J connectivity index is 1.84. The SMILES string of the molecule is CC(=O)C(=Cc1ccc(-c2ccccc2)s1)C(=O)Nc1ccccc1. The van der Waals surface area contributed by atoms with Gasteiger partial charge in [-0.25, -0.2) is 0 Å². The van der Waals surface area contributed by atoms with E-state index in [9.17, 15) is 9.59 Å². The van der Waals surface area contributed by atoms with Crippen LogP contribution in [-0.4, -0.2) is 11.7 Å². The summed E-state index contributed by atoms with van der Waals surface area (Å²) in [4.78, 5) is 26.3. The van der Waals surface area contributed by atoms with Gasteiger partial charge < -0.3 is 5.32 Å². The highest BCUT2D eigenvalue weighted by molar-refractivity contribution is 7.16. The lowest BCUT2D eigenvalue weighted by Crippen LogP contribution is -2.18. The number of rotatable bonds is 5. The average Bonchev–Trinajstić information content (AvgIpc) is 3.10. The maximum absolute atomic E-state index is 12.4. The summed E-state index contributed by atoms with van der Waals surface area (Å²) in [7, 11) is 0. The first-order valence-corrected chi connectivity index (χ1v) is 8.69. The zero-order chi connectivity index (χ0) is 17.6. The van der Waals surface area contributed by atoms with Gasteiger partial charge in [0.2, 0.25) is 0 Å². The van der Waals surface area contributed by atoms with Crippen LogP contribution in [0.4, 0.5) is 5.69 Å². The van der Waals surface area contributed by atoms with Crippen molar-refractivity contribution in [2.24, 2.45) is 0 Å². The fraction of sp³-hybridized carbons (Fsp3) is 0.0476. The molecule has 0 aliphatic rings. The van der Waals surface area contributed by atoms with E-state index in [1.807, 2.05) is 60.7 Å². The highest BCUT2D eigenvalue weighted by atomic mass is 32.1. The van der Waals surface area contributed by atoms with Gasteiger partial charge in [-0.15, -0.1) is 11.3 Å². The fourth-order valence-corrected chi connectivity index (χ4v) is 3.33. The second-order valence-corrected chi connectivity index (χ2v) is 6.62. The minimum atomic E-state index is -0.395. The molecular formula is C21H17NO2S. The third-order valence-corrected chi connectivity index (χ3v) is 4.71. The van der Waals surface area contributed by atoms with Crippen LogP contribution >= 0.6 is 11.3 Å². The van der Waals surface area contributed by atoms with Crippen LogP contribution in [0.5, 0.6) is 0 Å². The van der Waals surface area contributed by atoms with Gasteiger partial charge in [0.1, 0.15) is 0 Å². The summed E-state index contributed by atoms with van der Waals surface area (Å²) in [6, 6.07) is 23.0. The van der Waals surface area contributed by atoms with Gasteiger partial charge in [-0.2, -0.15) is 0 Å². The molecule has 0 aliphatic carbocycles. The zero-order valence-corrected chi connectivity index (χ0v) is 14.5. The Morgan fingerprint density at radius 3 is 2.16 bits per heavy atom. The first kappa shape index (κ1) is 16.9. The van der Waals surface area contributed by atoms with Gasteiger partial charge in [-0.1, -0.05) is 48.5 Å². The smallest absolute Gasteiger partial charge is 0.259 e. The first-order chi connectivity index (χ1) is 12.1. The minimum absolute atomic E-state index is 0.144. The summed E-state index contributed by atoms with van der Waals surface area (Å²) in [5.74, 6) is -0.656. The molecule has 1 amide bonds. The zero-order valence-electron chi connectivity index (χ0n) is 13.7. The molecule has 2 aromatic carbocycles. The van der Waals surface area contributed by atoms with Gasteiger partial charge in [-0.05, 0) is 42.8 Å². The highest BCUT2D eigenvalue weighted by Gasteiger charge is 2.15. The highest BCUT2D eigenvalue weighted by Crippen LogP contribution is 2.29. The van der Waals surface area contributed by atoms with Crippen LogP contribution in [0.15, 0.2) is 78.4 Å². The van der Waals surface area contributed by atoms with Crippen molar-refractivity contribution in [2.45, 2.75) is 6.92 Å². The standard InChI is InChI=1S/C21H17NO2S/c1-15(23)19(21(24)22-17-10-6-3-7-11-17)14-18-12-13-20(25-18)16-8-4-2-5-9-16/h2-14H,1H3,(H,22,24). The summed E-state index contributed by atoms with van der Waals surface area (Å²) < 4.78 is 0. The molecule has 0 saturated heterocycles. The van der Waals surface area contributed by atoms with E-state index in [1.54, 1.807) is 29.5 Å². The van der Waals surface area contributed by atoms with Crippen LogP contribution in [0.2, 0.25) is 0 Å². The van der Waals surface area contributed by atoms with Gasteiger partial charge in [0, 0.05) is 15.4 Å². The molecule has 4 heteroatoms. The van der Waals surface area contributed by atoms with E-state index in [0.717, 1.165) is 15.3 Å². The van der Waals surface area contributed by atoms with E-state index in [4.69, 9.17) is 0 Å². The van der Waals surface area contributed by atoms with E-state index in [0.29, 0.717) is 5.69 Å². The second-order valence-electron chi connectivity index (χ2n) is 5.50. The van der Waals surface area contributed by atoms with Crippen molar-refractivity contribution in [1.29, 1.82) is 0 Å². The molecule has 3 aromatic rings. The molecule has 1 heterocycles. The third-order valence-electron chi connectivity index (χ3n) is 3.63. The predicted octanol–water partition coefficient (Wildman–Crippen LogP) is 5.03. The van der Waals surface area contributed by atoms with Crippen LogP contribution in [0.1, 0.15) is 11.8 Å². The number of nitrogens with one attached hydrogen (secondary N) is 1. The Labute approximate surface area is 150 Å². The molecule has 0 radical (unpaired) electrons. The maximum Gasteiger partial charge on any atom is 0.259 e. The molecule has 1 N–H and O–H groups in total. The van der Waals surface area contributed by atoms with E-state index >= 15 is 0 Å². The summed E-state index contributed by atoms with van der Waals surface area (Å²) >= 11 is 1.55. The molecule has 0 spiro atoms. The van der Waals surface area contributed by atoms with E-state index in [2.05, 4.69) is 5.32 Å². The topological polar surface area (TPSA) is 46.2 Å². The van der Waals surface area contributed by atoms with E-state index < -0.39 is 5.91 Å². The predicted molar refractivity (Wildman–Crippen MR) is 103 cm³/mol. The Bertz CT molecular complexity index is 911. The second kappa shape index (κ2) is 7.73. The number of hydrogen-bond acceptors (Lipinski definition) is 3. The molecule has 124 valence electrons. The number of anilines is 1. The molecule has 3 rings (SSSR count). The maximum atomic E-state index is 12.4. The normalized spacial score (nSPS) is 11.2. The number of benzene rings is 2. The largest absolute Gasteiger partial charge is 0.322 e. The Morgan fingerprint density at radius 2 is 1.52 bits per heavy atom. The quantitative estimate of drug-likeness (QED) is 0.400. The first-order valence-electron chi connectivity index (χ1n) is 7.88. The van der Waals surface area contributed by atoms with Gasteiger partial charge in [-0.3, -0.25) is 9.59 Å². The van der Waals surface area contributed by atoms with Crippen molar-refractivity contribution in [3.63, 3.8) is 0 Å². The molecule has 0 saturated carbocycles. The Kier molecular flexibility index (Phi) is 5.21. The van der Waals surface area contributed by atoms with Crippen molar-refractivity contribution in [3.05, 3.63) is 83.2 Å². The molecule has 0 unspecified atom stereocenters. The molecule has 1 aromatic heterocycles. The van der Waals surface area contributed by atoms with Crippen LogP contribution in [-0.2, 0) is 9.59 Å². The number of hydrogen-bond donors (Lipinski definition) is 1. The summed E-state index contributed by atoms with van der Waals surface area (Å²) in [5.41, 5.74) is 1.92. The molecule has 0 aliphatic heterocycles. The molecule has 0 atom stereocenters. The van der Waals surface area contributed by atoms with E-state index in [1.165, 1.54) is 6.92 Å². The average molecular weight is 347 g/mol. The van der Waals surface area contributed by atoms with Crippen molar-refractivity contribution in [2.75, 3.05) is 5.32 Å². The van der Waals surface area contributed by atoms with Gasteiger partial charge >= 0.3 is 0 Å². The number of carbonyl (C=O) groups is 2. The van der Waals surface area contributed by atoms with E-state index in [-0.39, 0.29) is 11.4 Å². The molecule has 0 bridgehead atoms. The Hall–Kier alpha value is -2.98. The van der Waals surface area contributed by atoms with Crippen LogP contribution in [0.3, 0.4) is 0 Å². The van der Waals surface area contributed by atoms with Crippen molar-refractivity contribution in [3.8, 4) is 10.4 Å². The number of ketones is 1. The number of amides is 1. The monoisotopic (exact) mass is 347 g/mol. The molecule has 3 nitrogen and oxygen atoms in total. The molecule has 0 fully saturated rings. The van der Waals surface area contributed by atoms with Gasteiger partial charge in [0.25, 0.3) is 5.91 Å². The van der Waals surface area contributed by atoms with Crippen LogP contribution < -0.4 is 5.32 Å². The number of Topliss-reactive ketones (excluding diaryl/α,β-unsaturated/α-hetero) is 1. The fourth-order valence-electron chi connectivity index (χ4n) is 2.38. The minimum Gasteiger partial charge on any atom is -0.322 e. The van der Waals surface area contributed by atoms with Gasteiger partial charge in [0.15, 0.2) is 5.78 Å². The summed E-state index contributed by atoms with van der Waals surface area (Å²) in [6.07, 6.45) is 1.65. The lowest BCUT2D eigenvalue weighted by atomic mass is 10.1. The summed E-state index contributed by atoms with van der Waals surface area (Å²) in [6.45, 7) is 1.40. The Morgan fingerprint density at radius 1 is 0.880 bits per heavy atom. The van der Waals surface area contributed by atoms with Crippen molar-refractivity contribution in [1.82, 2.24) is 0 Å². The van der Waals surface area contributed by atoms with Crippen LogP contribution in [0.25, 0.3) is 16.5 Å².